The van der Waals surface area contributed by atoms with E-state index in [1.165, 1.54) is 24.1 Å². The van der Waals surface area contributed by atoms with Crippen LogP contribution in [-0.2, 0) is 26.2 Å². The number of nitrogens with one attached hydrogen (secondary N) is 1. The number of ether oxygens (including phenoxy) is 1. The molecule has 0 radical (unpaired) electrons. The lowest BCUT2D eigenvalue weighted by molar-refractivity contribution is -0.139. The van der Waals surface area contributed by atoms with Crippen LogP contribution in [-0.4, -0.2) is 50.9 Å². The molecular weight excluding hydrogens is 538 g/mol. The third-order valence-electron chi connectivity index (χ3n) is 6.44. The van der Waals surface area contributed by atoms with Gasteiger partial charge in [-0.2, -0.15) is 0 Å². The van der Waals surface area contributed by atoms with E-state index in [4.69, 9.17) is 16.3 Å². The first-order chi connectivity index (χ1) is 18.6. The number of anilines is 1. The van der Waals surface area contributed by atoms with Crippen LogP contribution in [0.4, 0.5) is 5.69 Å². The summed E-state index contributed by atoms with van der Waals surface area (Å²) >= 11 is 6.39. The first kappa shape index (κ1) is 30.0. The molecule has 39 heavy (non-hydrogen) atoms. The number of carbonyl (C=O) groups excluding carboxylic acids is 2. The fourth-order valence-corrected chi connectivity index (χ4v) is 5.47. The van der Waals surface area contributed by atoms with Crippen molar-refractivity contribution in [3.63, 3.8) is 0 Å². The Morgan fingerprint density at radius 3 is 2.15 bits per heavy atom. The lowest BCUT2D eigenvalue weighted by Gasteiger charge is -2.32. The second-order valence-corrected chi connectivity index (χ2v) is 11.4. The molecule has 0 spiro atoms. The van der Waals surface area contributed by atoms with Gasteiger partial charge in [0.15, 0.2) is 0 Å². The Morgan fingerprint density at radius 1 is 0.949 bits per heavy atom. The maximum Gasteiger partial charge on any atom is 0.264 e. The van der Waals surface area contributed by atoms with Crippen molar-refractivity contribution in [2.24, 2.45) is 0 Å². The molecule has 2 amide bonds. The molecule has 0 saturated carbocycles. The first-order valence-corrected chi connectivity index (χ1v) is 14.4. The zero-order valence-corrected chi connectivity index (χ0v) is 24.1. The molecule has 0 saturated heterocycles. The van der Waals surface area contributed by atoms with Crippen LogP contribution in [0.5, 0.6) is 5.75 Å². The van der Waals surface area contributed by atoms with E-state index in [1.54, 1.807) is 73.7 Å². The Bertz CT molecular complexity index is 1370. The lowest BCUT2D eigenvalue weighted by Crippen LogP contribution is -2.52. The number of sulfonamides is 1. The molecule has 0 heterocycles. The second kappa shape index (κ2) is 13.5. The van der Waals surface area contributed by atoms with Crippen LogP contribution in [0.2, 0.25) is 5.02 Å². The predicted molar refractivity (Wildman–Crippen MR) is 153 cm³/mol. The molecule has 8 nitrogen and oxygen atoms in total. The van der Waals surface area contributed by atoms with E-state index < -0.39 is 28.5 Å². The van der Waals surface area contributed by atoms with Crippen molar-refractivity contribution in [1.82, 2.24) is 10.2 Å². The zero-order valence-electron chi connectivity index (χ0n) is 22.5. The molecule has 0 unspecified atom stereocenters. The van der Waals surface area contributed by atoms with Gasteiger partial charge in [-0.25, -0.2) is 8.42 Å². The highest BCUT2D eigenvalue weighted by Gasteiger charge is 2.33. The van der Waals surface area contributed by atoms with Gasteiger partial charge in [0.1, 0.15) is 18.3 Å². The summed E-state index contributed by atoms with van der Waals surface area (Å²) in [5, 5.41) is 3.35. The fraction of sp³-hybridized carbons (Fsp3) is 0.310. The molecule has 0 aliphatic rings. The topological polar surface area (TPSA) is 96.0 Å². The summed E-state index contributed by atoms with van der Waals surface area (Å²) in [4.78, 5) is 28.3. The van der Waals surface area contributed by atoms with Crippen molar-refractivity contribution in [2.75, 3.05) is 18.0 Å². The molecular formula is C29H34ClN3O5S. The number of halogens is 1. The molecule has 0 aliphatic heterocycles. The highest BCUT2D eigenvalue weighted by Crippen LogP contribution is 2.26. The molecule has 3 aromatic carbocycles. The zero-order chi connectivity index (χ0) is 28.6. The van der Waals surface area contributed by atoms with Crippen molar-refractivity contribution in [1.29, 1.82) is 0 Å². The van der Waals surface area contributed by atoms with E-state index in [2.05, 4.69) is 5.32 Å². The summed E-state index contributed by atoms with van der Waals surface area (Å²) in [6, 6.07) is 20.4. The second-order valence-electron chi connectivity index (χ2n) is 9.13. The van der Waals surface area contributed by atoms with Gasteiger partial charge in [-0.3, -0.25) is 13.9 Å². The predicted octanol–water partition coefficient (Wildman–Crippen LogP) is 4.88. The number of amides is 2. The number of carbonyl (C=O) groups is 2. The molecule has 0 bridgehead atoms. The van der Waals surface area contributed by atoms with E-state index in [0.29, 0.717) is 22.0 Å². The number of hydrogen-bond acceptors (Lipinski definition) is 5. The van der Waals surface area contributed by atoms with Gasteiger partial charge in [-0.05, 0) is 68.3 Å². The smallest absolute Gasteiger partial charge is 0.264 e. The molecule has 0 aliphatic carbocycles. The van der Waals surface area contributed by atoms with Crippen LogP contribution >= 0.6 is 11.6 Å². The van der Waals surface area contributed by atoms with Crippen molar-refractivity contribution < 1.29 is 22.7 Å². The normalized spacial score (nSPS) is 12.7. The van der Waals surface area contributed by atoms with E-state index in [-0.39, 0.29) is 23.4 Å². The van der Waals surface area contributed by atoms with Crippen LogP contribution in [0.3, 0.4) is 0 Å². The minimum atomic E-state index is -4.15. The molecule has 1 N–H and O–H groups in total. The minimum absolute atomic E-state index is 0.000156. The van der Waals surface area contributed by atoms with Crippen LogP contribution in [0, 0.1) is 0 Å². The fourth-order valence-electron chi connectivity index (χ4n) is 3.86. The maximum atomic E-state index is 13.9. The monoisotopic (exact) mass is 571 g/mol. The van der Waals surface area contributed by atoms with Gasteiger partial charge >= 0.3 is 0 Å². The van der Waals surface area contributed by atoms with E-state index >= 15 is 0 Å². The maximum absolute atomic E-state index is 13.9. The van der Waals surface area contributed by atoms with E-state index in [9.17, 15) is 18.0 Å². The Labute approximate surface area is 235 Å². The number of methoxy groups -OCH3 is 1. The first-order valence-electron chi connectivity index (χ1n) is 12.6. The molecule has 208 valence electrons. The summed E-state index contributed by atoms with van der Waals surface area (Å²) in [6.45, 7) is 4.95. The Morgan fingerprint density at radius 2 is 1.56 bits per heavy atom. The number of para-hydroxylation sites is 1. The lowest BCUT2D eigenvalue weighted by atomic mass is 10.1. The Kier molecular flexibility index (Phi) is 10.4. The van der Waals surface area contributed by atoms with Crippen LogP contribution < -0.4 is 14.4 Å². The summed E-state index contributed by atoms with van der Waals surface area (Å²) in [6.07, 6.45) is 0.721. The van der Waals surface area contributed by atoms with E-state index in [1.807, 2.05) is 13.8 Å². The molecule has 0 fully saturated rings. The summed E-state index contributed by atoms with van der Waals surface area (Å²) in [5.74, 6) is -0.389. The van der Waals surface area contributed by atoms with Crippen LogP contribution in [0.15, 0.2) is 83.8 Å². The van der Waals surface area contributed by atoms with Gasteiger partial charge in [0.2, 0.25) is 11.8 Å². The number of hydrogen-bond donors (Lipinski definition) is 1. The minimum Gasteiger partial charge on any atom is -0.497 e. The average molecular weight is 572 g/mol. The molecule has 10 heteroatoms. The standard InChI is InChI=1S/C29H34ClN3O5S/c1-5-21(2)31-29(35)22(3)32(19-23-11-9-10-14-27(23)30)28(34)20-33(24-12-7-6-8-13-24)39(36,37)26-17-15-25(38-4)16-18-26/h6-18,21-22H,5,19-20H2,1-4H3,(H,31,35)/t21-,22+/m1/s1. The van der Waals surface area contributed by atoms with Gasteiger partial charge in [0.25, 0.3) is 10.0 Å². The Balaban J connectivity index is 2.01. The highest BCUT2D eigenvalue weighted by molar-refractivity contribution is 7.92. The molecule has 0 aromatic heterocycles. The number of benzene rings is 3. The summed E-state index contributed by atoms with van der Waals surface area (Å²) in [7, 11) is -2.66. The van der Waals surface area contributed by atoms with Crippen molar-refractivity contribution in [3.05, 3.63) is 89.4 Å². The van der Waals surface area contributed by atoms with Gasteiger partial charge in [0.05, 0.1) is 17.7 Å². The molecule has 2 atom stereocenters. The van der Waals surface area contributed by atoms with E-state index in [0.717, 1.165) is 10.7 Å². The highest BCUT2D eigenvalue weighted by atomic mass is 35.5. The van der Waals surface area contributed by atoms with Crippen molar-refractivity contribution >= 4 is 39.1 Å². The van der Waals surface area contributed by atoms with Gasteiger partial charge in [-0.15, -0.1) is 0 Å². The SMILES string of the molecule is CC[C@@H](C)NC(=O)[C@H](C)N(Cc1ccccc1Cl)C(=O)CN(c1ccccc1)S(=O)(=O)c1ccc(OC)cc1. The molecule has 3 aromatic rings. The van der Waals surface area contributed by atoms with Crippen LogP contribution in [0.1, 0.15) is 32.8 Å². The van der Waals surface area contributed by atoms with Crippen molar-refractivity contribution in [3.8, 4) is 5.75 Å². The number of rotatable bonds is 12. The third kappa shape index (κ3) is 7.52. The summed E-state index contributed by atoms with van der Waals surface area (Å²) in [5.41, 5.74) is 0.955. The average Bonchev–Trinajstić information content (AvgIpc) is 2.95. The van der Waals surface area contributed by atoms with Gasteiger partial charge < -0.3 is 15.0 Å². The van der Waals surface area contributed by atoms with Gasteiger partial charge in [0, 0.05) is 17.6 Å². The summed E-state index contributed by atoms with van der Waals surface area (Å²) < 4.78 is 33.8. The third-order valence-corrected chi connectivity index (χ3v) is 8.59. The quantitative estimate of drug-likeness (QED) is 0.334. The largest absolute Gasteiger partial charge is 0.497 e. The van der Waals surface area contributed by atoms with Crippen LogP contribution in [0.25, 0.3) is 0 Å². The van der Waals surface area contributed by atoms with Crippen molar-refractivity contribution in [2.45, 2.75) is 50.7 Å². The Hall–Kier alpha value is -3.56. The molecule has 3 rings (SSSR count). The number of nitrogens with zero attached hydrogens (tertiary/aromatic N) is 2. The van der Waals surface area contributed by atoms with Gasteiger partial charge in [-0.1, -0.05) is 54.9 Å².